The molecule has 4 rings (SSSR count). The molecule has 1 unspecified atom stereocenters. The number of methoxy groups -OCH3 is 1. The molecule has 1 aliphatic heterocycles. The van der Waals surface area contributed by atoms with Crippen molar-refractivity contribution < 1.29 is 29.1 Å². The van der Waals surface area contributed by atoms with Crippen molar-refractivity contribution in [2.45, 2.75) is 32.5 Å². The summed E-state index contributed by atoms with van der Waals surface area (Å²) >= 11 is 0. The van der Waals surface area contributed by atoms with Crippen molar-refractivity contribution in [3.05, 3.63) is 105 Å². The Morgan fingerprint density at radius 3 is 2.27 bits per heavy atom. The van der Waals surface area contributed by atoms with Gasteiger partial charge in [-0.15, -0.1) is 0 Å². The molecule has 3 aromatic rings. The number of likely N-dealkylation sites (tertiary alicyclic amines) is 1. The second kappa shape index (κ2) is 10.5. The average Bonchev–Trinajstić information content (AvgIpc) is 3.14. The summed E-state index contributed by atoms with van der Waals surface area (Å²) in [6, 6.07) is 18.4. The largest absolute Gasteiger partial charge is 0.507 e. The van der Waals surface area contributed by atoms with Crippen molar-refractivity contribution in [1.29, 1.82) is 0 Å². The first-order valence-corrected chi connectivity index (χ1v) is 11.6. The number of nitro benzene ring substituents is 1. The minimum absolute atomic E-state index is 0.00700. The molecular weight excluding hydrogens is 476 g/mol. The van der Waals surface area contributed by atoms with Crippen LogP contribution in [0.1, 0.15) is 36.6 Å². The van der Waals surface area contributed by atoms with E-state index < -0.39 is 28.4 Å². The number of hydrogen-bond donors (Lipinski definition) is 1. The molecule has 0 spiro atoms. The lowest BCUT2D eigenvalue weighted by molar-refractivity contribution is -0.384. The van der Waals surface area contributed by atoms with E-state index in [9.17, 15) is 24.8 Å². The Balaban J connectivity index is 1.79. The summed E-state index contributed by atoms with van der Waals surface area (Å²) in [4.78, 5) is 38.5. The summed E-state index contributed by atoms with van der Waals surface area (Å²) in [7, 11) is 1.52. The Hall–Kier alpha value is -4.66. The molecule has 1 amide bonds. The van der Waals surface area contributed by atoms with Gasteiger partial charge in [0.15, 0.2) is 0 Å². The fourth-order valence-corrected chi connectivity index (χ4v) is 4.24. The highest BCUT2D eigenvalue weighted by Crippen LogP contribution is 2.41. The summed E-state index contributed by atoms with van der Waals surface area (Å²) in [5.74, 6) is -0.871. The molecule has 190 valence electrons. The molecule has 1 N–H and O–H groups in total. The molecule has 1 atom stereocenters. The summed E-state index contributed by atoms with van der Waals surface area (Å²) in [5, 5.41) is 22.4. The summed E-state index contributed by atoms with van der Waals surface area (Å²) in [6.45, 7) is 3.93. The molecular formula is C28H26N2O7. The van der Waals surface area contributed by atoms with Crippen molar-refractivity contribution in [3.63, 3.8) is 0 Å². The van der Waals surface area contributed by atoms with E-state index in [1.807, 2.05) is 26.0 Å². The maximum Gasteiger partial charge on any atom is 0.295 e. The SMILES string of the molecule is COc1ccc(C2/C(=C(/O)c3cccc([N+](=O)[O-])c3)C(=O)C(=O)N2Cc2ccc(OC(C)C)cc2)cc1. The van der Waals surface area contributed by atoms with Crippen LogP contribution in [0.15, 0.2) is 78.4 Å². The molecule has 1 fully saturated rings. The zero-order valence-corrected chi connectivity index (χ0v) is 20.6. The van der Waals surface area contributed by atoms with E-state index in [0.29, 0.717) is 17.1 Å². The third-order valence-corrected chi connectivity index (χ3v) is 5.95. The van der Waals surface area contributed by atoms with E-state index in [2.05, 4.69) is 0 Å². The smallest absolute Gasteiger partial charge is 0.295 e. The Kier molecular flexibility index (Phi) is 7.24. The van der Waals surface area contributed by atoms with Gasteiger partial charge in [0.2, 0.25) is 0 Å². The fraction of sp³-hybridized carbons (Fsp3) is 0.214. The monoisotopic (exact) mass is 502 g/mol. The number of hydrogen-bond acceptors (Lipinski definition) is 7. The van der Waals surface area contributed by atoms with E-state index in [4.69, 9.17) is 9.47 Å². The van der Waals surface area contributed by atoms with Gasteiger partial charge >= 0.3 is 0 Å². The number of amides is 1. The molecule has 0 bridgehead atoms. The van der Waals surface area contributed by atoms with Crippen LogP contribution in [0.25, 0.3) is 5.76 Å². The predicted octanol–water partition coefficient (Wildman–Crippen LogP) is 5.01. The van der Waals surface area contributed by atoms with Gasteiger partial charge < -0.3 is 19.5 Å². The van der Waals surface area contributed by atoms with Crippen LogP contribution < -0.4 is 9.47 Å². The number of carbonyl (C=O) groups excluding carboxylic acids is 2. The summed E-state index contributed by atoms with van der Waals surface area (Å²) in [5.41, 5.74) is 1.01. The van der Waals surface area contributed by atoms with Gasteiger partial charge in [0, 0.05) is 24.2 Å². The standard InChI is InChI=1S/C28H26N2O7/c1-17(2)37-23-11-7-18(8-12-23)16-29-25(19-9-13-22(36-3)14-10-19)24(27(32)28(29)33)26(31)20-5-4-6-21(15-20)30(34)35/h4-15,17,25,31H,16H2,1-3H3/b26-24-. The number of nitrogens with zero attached hydrogens (tertiary/aromatic N) is 2. The molecule has 0 saturated carbocycles. The Labute approximate surface area is 213 Å². The van der Waals surface area contributed by atoms with E-state index in [1.54, 1.807) is 36.4 Å². The van der Waals surface area contributed by atoms with E-state index in [0.717, 1.165) is 5.56 Å². The second-order valence-electron chi connectivity index (χ2n) is 8.82. The van der Waals surface area contributed by atoms with Crippen LogP contribution in [-0.4, -0.2) is 39.8 Å². The Morgan fingerprint density at radius 2 is 1.68 bits per heavy atom. The fourth-order valence-electron chi connectivity index (χ4n) is 4.24. The van der Waals surface area contributed by atoms with Gasteiger partial charge in [-0.2, -0.15) is 0 Å². The first-order valence-electron chi connectivity index (χ1n) is 11.6. The van der Waals surface area contributed by atoms with Crippen molar-refractivity contribution in [2.75, 3.05) is 7.11 Å². The predicted molar refractivity (Wildman–Crippen MR) is 136 cm³/mol. The first kappa shape index (κ1) is 25.4. The van der Waals surface area contributed by atoms with Gasteiger partial charge in [-0.05, 0) is 49.2 Å². The topological polar surface area (TPSA) is 119 Å². The van der Waals surface area contributed by atoms with Crippen molar-refractivity contribution in [1.82, 2.24) is 4.90 Å². The summed E-state index contributed by atoms with van der Waals surface area (Å²) < 4.78 is 10.9. The molecule has 1 aliphatic rings. The zero-order chi connectivity index (χ0) is 26.7. The van der Waals surface area contributed by atoms with Gasteiger partial charge in [-0.25, -0.2) is 0 Å². The van der Waals surface area contributed by atoms with Gasteiger partial charge in [-0.1, -0.05) is 36.4 Å². The molecule has 0 radical (unpaired) electrons. The Bertz CT molecular complexity index is 1360. The normalized spacial score (nSPS) is 16.8. The molecule has 9 heteroatoms. The third kappa shape index (κ3) is 5.30. The number of rotatable bonds is 8. The number of aliphatic hydroxyl groups excluding tert-OH is 1. The first-order chi connectivity index (χ1) is 17.7. The third-order valence-electron chi connectivity index (χ3n) is 5.95. The number of aliphatic hydroxyl groups is 1. The van der Waals surface area contributed by atoms with Gasteiger partial charge in [0.25, 0.3) is 17.4 Å². The molecule has 9 nitrogen and oxygen atoms in total. The van der Waals surface area contributed by atoms with E-state index in [1.165, 1.54) is 36.3 Å². The number of carbonyl (C=O) groups is 2. The highest BCUT2D eigenvalue weighted by atomic mass is 16.6. The molecule has 1 heterocycles. The van der Waals surface area contributed by atoms with Crippen molar-refractivity contribution in [2.24, 2.45) is 0 Å². The number of nitro groups is 1. The van der Waals surface area contributed by atoms with Gasteiger partial charge in [-0.3, -0.25) is 19.7 Å². The van der Waals surface area contributed by atoms with Crippen LogP contribution in [0, 0.1) is 10.1 Å². The number of ether oxygens (including phenoxy) is 2. The van der Waals surface area contributed by atoms with Crippen LogP contribution in [0.4, 0.5) is 5.69 Å². The van der Waals surface area contributed by atoms with Crippen LogP contribution in [-0.2, 0) is 16.1 Å². The number of Topliss-reactive ketones (excluding diaryl/α,β-unsaturated/α-hetero) is 1. The summed E-state index contributed by atoms with van der Waals surface area (Å²) in [6.07, 6.45) is 0.00700. The van der Waals surface area contributed by atoms with Gasteiger partial charge in [0.05, 0.1) is 29.8 Å². The van der Waals surface area contributed by atoms with Gasteiger partial charge in [0.1, 0.15) is 17.3 Å². The van der Waals surface area contributed by atoms with E-state index >= 15 is 0 Å². The average molecular weight is 503 g/mol. The molecule has 0 aromatic heterocycles. The second-order valence-corrected chi connectivity index (χ2v) is 8.82. The zero-order valence-electron chi connectivity index (χ0n) is 20.6. The van der Waals surface area contributed by atoms with Crippen LogP contribution >= 0.6 is 0 Å². The van der Waals surface area contributed by atoms with Crippen LogP contribution in [0.2, 0.25) is 0 Å². The lowest BCUT2D eigenvalue weighted by Crippen LogP contribution is -2.29. The number of non-ortho nitro benzene ring substituents is 1. The molecule has 0 aliphatic carbocycles. The van der Waals surface area contributed by atoms with Crippen LogP contribution in [0.3, 0.4) is 0 Å². The van der Waals surface area contributed by atoms with Crippen molar-refractivity contribution in [3.8, 4) is 11.5 Å². The molecule has 37 heavy (non-hydrogen) atoms. The molecule has 3 aromatic carbocycles. The Morgan fingerprint density at radius 1 is 1.03 bits per heavy atom. The number of benzene rings is 3. The molecule has 1 saturated heterocycles. The number of ketones is 1. The highest BCUT2D eigenvalue weighted by Gasteiger charge is 2.46. The lowest BCUT2D eigenvalue weighted by atomic mass is 9.95. The minimum Gasteiger partial charge on any atom is -0.507 e. The quantitative estimate of drug-likeness (QED) is 0.151. The van der Waals surface area contributed by atoms with Crippen LogP contribution in [0.5, 0.6) is 11.5 Å². The van der Waals surface area contributed by atoms with E-state index in [-0.39, 0.29) is 29.5 Å². The lowest BCUT2D eigenvalue weighted by Gasteiger charge is -2.25. The highest BCUT2D eigenvalue weighted by molar-refractivity contribution is 6.46. The maximum atomic E-state index is 13.2. The maximum absolute atomic E-state index is 13.2. The minimum atomic E-state index is -0.920. The van der Waals surface area contributed by atoms with Crippen molar-refractivity contribution >= 4 is 23.1 Å².